The van der Waals surface area contributed by atoms with Crippen LogP contribution in [0.3, 0.4) is 0 Å². The molecule has 142 valence electrons. The Labute approximate surface area is 170 Å². The Morgan fingerprint density at radius 3 is 2.72 bits per heavy atom. The number of nitrogen functional groups attached to an aromatic ring is 1. The zero-order valence-electron chi connectivity index (χ0n) is 15.2. The van der Waals surface area contributed by atoms with E-state index in [1.165, 1.54) is 11.1 Å². The van der Waals surface area contributed by atoms with Crippen LogP contribution in [0.1, 0.15) is 15.9 Å². The van der Waals surface area contributed by atoms with E-state index >= 15 is 0 Å². The van der Waals surface area contributed by atoms with Gasteiger partial charge in [-0.25, -0.2) is 14.5 Å². The van der Waals surface area contributed by atoms with E-state index in [-0.39, 0.29) is 11.7 Å². The molecule has 0 spiro atoms. The molecule has 2 N–H and O–H groups in total. The van der Waals surface area contributed by atoms with Crippen molar-refractivity contribution in [3.8, 4) is 17.2 Å². The van der Waals surface area contributed by atoms with Crippen LogP contribution in [0.4, 0.5) is 11.6 Å². The molecule has 4 heterocycles. The van der Waals surface area contributed by atoms with Crippen LogP contribution >= 0.6 is 11.6 Å². The van der Waals surface area contributed by atoms with Gasteiger partial charge in [0, 0.05) is 42.3 Å². The number of amides is 1. The van der Waals surface area contributed by atoms with Crippen LogP contribution in [0.5, 0.6) is 0 Å². The summed E-state index contributed by atoms with van der Waals surface area (Å²) >= 11 is 6.09. The highest BCUT2D eigenvalue weighted by Gasteiger charge is 2.17. The highest BCUT2D eigenvalue weighted by Crippen LogP contribution is 2.29. The van der Waals surface area contributed by atoms with Crippen molar-refractivity contribution >= 4 is 34.7 Å². The number of nitrogens with zero attached hydrogens (tertiary/aromatic N) is 6. The van der Waals surface area contributed by atoms with E-state index in [4.69, 9.17) is 22.6 Å². The van der Waals surface area contributed by atoms with Crippen molar-refractivity contribution < 1.29 is 4.79 Å². The Morgan fingerprint density at radius 2 is 2.03 bits per heavy atom. The molecule has 0 radical (unpaired) electrons. The third-order valence-corrected chi connectivity index (χ3v) is 4.78. The summed E-state index contributed by atoms with van der Waals surface area (Å²) in [5, 5.41) is 13.6. The number of rotatable bonds is 3. The standard InChI is InChI=1S/C20H14ClN7O/c1-27(18-3-2-12(8-22)9-24-18)20(29)13-4-5-28-17(7-13)15(11-26-28)14-6-16(21)19(23)25-10-14/h2-7,9-11H,1H3,(H2,23,25). The van der Waals surface area contributed by atoms with Gasteiger partial charge in [0.05, 0.1) is 22.3 Å². The summed E-state index contributed by atoms with van der Waals surface area (Å²) in [7, 11) is 1.63. The second-order valence-electron chi connectivity index (χ2n) is 6.28. The molecule has 29 heavy (non-hydrogen) atoms. The number of halogens is 1. The number of pyridine rings is 3. The Bertz CT molecular complexity index is 1270. The molecule has 0 saturated carbocycles. The molecule has 0 aliphatic carbocycles. The van der Waals surface area contributed by atoms with Gasteiger partial charge in [-0.05, 0) is 30.3 Å². The molecule has 0 unspecified atom stereocenters. The van der Waals surface area contributed by atoms with E-state index in [1.54, 1.807) is 60.5 Å². The predicted octanol–water partition coefficient (Wildman–Crippen LogP) is 3.18. The normalized spacial score (nSPS) is 10.7. The van der Waals surface area contributed by atoms with Crippen LogP contribution < -0.4 is 10.6 Å². The molecule has 0 aliphatic rings. The van der Waals surface area contributed by atoms with Crippen molar-refractivity contribution in [2.24, 2.45) is 0 Å². The zero-order chi connectivity index (χ0) is 20.5. The molecule has 9 heteroatoms. The minimum absolute atomic E-state index is 0.245. The first-order valence-electron chi connectivity index (χ1n) is 8.51. The van der Waals surface area contributed by atoms with Crippen LogP contribution in [0, 0.1) is 11.3 Å². The van der Waals surface area contributed by atoms with Crippen molar-refractivity contribution in [1.82, 2.24) is 19.6 Å². The van der Waals surface area contributed by atoms with Crippen LogP contribution in [-0.4, -0.2) is 32.5 Å². The van der Waals surface area contributed by atoms with Crippen LogP contribution in [0.15, 0.2) is 55.1 Å². The Balaban J connectivity index is 1.71. The van der Waals surface area contributed by atoms with E-state index in [9.17, 15) is 4.79 Å². The lowest BCUT2D eigenvalue weighted by Crippen LogP contribution is -2.27. The molecule has 8 nitrogen and oxygen atoms in total. The molecule has 1 amide bonds. The summed E-state index contributed by atoms with van der Waals surface area (Å²) in [6.45, 7) is 0. The molecule has 0 aromatic carbocycles. The molecular formula is C20H14ClN7O. The van der Waals surface area contributed by atoms with E-state index in [0.717, 1.165) is 16.6 Å². The first kappa shape index (κ1) is 18.4. The number of nitrogens with two attached hydrogens (primary N) is 1. The number of aromatic nitrogens is 4. The van der Waals surface area contributed by atoms with Gasteiger partial charge in [-0.2, -0.15) is 10.4 Å². The highest BCUT2D eigenvalue weighted by atomic mass is 35.5. The van der Waals surface area contributed by atoms with Gasteiger partial charge < -0.3 is 5.73 Å². The van der Waals surface area contributed by atoms with Gasteiger partial charge in [-0.1, -0.05) is 11.6 Å². The van der Waals surface area contributed by atoms with Gasteiger partial charge in [-0.3, -0.25) is 9.69 Å². The zero-order valence-corrected chi connectivity index (χ0v) is 16.0. The fourth-order valence-corrected chi connectivity index (χ4v) is 3.05. The van der Waals surface area contributed by atoms with Crippen LogP contribution in [0.2, 0.25) is 5.02 Å². The molecule has 0 saturated heterocycles. The van der Waals surface area contributed by atoms with E-state index in [2.05, 4.69) is 15.1 Å². The average molecular weight is 404 g/mol. The lowest BCUT2D eigenvalue weighted by molar-refractivity contribution is 0.0992. The molecule has 4 aromatic rings. The van der Waals surface area contributed by atoms with Gasteiger partial charge in [0.25, 0.3) is 5.91 Å². The van der Waals surface area contributed by atoms with Crippen molar-refractivity contribution in [1.29, 1.82) is 5.26 Å². The second kappa shape index (κ2) is 7.22. The first-order valence-corrected chi connectivity index (χ1v) is 8.88. The molecule has 0 bridgehead atoms. The van der Waals surface area contributed by atoms with Gasteiger partial charge in [-0.15, -0.1) is 0 Å². The highest BCUT2D eigenvalue weighted by molar-refractivity contribution is 6.33. The minimum atomic E-state index is -0.245. The first-order chi connectivity index (χ1) is 14.0. The van der Waals surface area contributed by atoms with E-state index < -0.39 is 0 Å². The Morgan fingerprint density at radius 1 is 1.21 bits per heavy atom. The number of carbonyl (C=O) groups is 1. The monoisotopic (exact) mass is 403 g/mol. The van der Waals surface area contributed by atoms with Crippen LogP contribution in [0.25, 0.3) is 16.6 Å². The SMILES string of the molecule is CN(C(=O)c1ccn2ncc(-c3cnc(N)c(Cl)c3)c2c1)c1ccc(C#N)cn1. The van der Waals surface area contributed by atoms with E-state index in [0.29, 0.717) is 22.0 Å². The number of carbonyl (C=O) groups excluding carboxylic acids is 1. The summed E-state index contributed by atoms with van der Waals surface area (Å²) in [4.78, 5) is 22.6. The number of hydrogen-bond donors (Lipinski definition) is 1. The van der Waals surface area contributed by atoms with Gasteiger partial charge in [0.1, 0.15) is 17.7 Å². The van der Waals surface area contributed by atoms with Crippen molar-refractivity contribution in [2.75, 3.05) is 17.7 Å². The summed E-state index contributed by atoms with van der Waals surface area (Å²) in [6, 6.07) is 10.4. The number of anilines is 2. The molecule has 0 fully saturated rings. The fraction of sp³-hybridized carbons (Fsp3) is 0.0500. The fourth-order valence-electron chi connectivity index (χ4n) is 2.88. The minimum Gasteiger partial charge on any atom is -0.382 e. The predicted molar refractivity (Wildman–Crippen MR) is 110 cm³/mol. The third-order valence-electron chi connectivity index (χ3n) is 4.47. The quantitative estimate of drug-likeness (QED) is 0.562. The van der Waals surface area contributed by atoms with E-state index in [1.807, 2.05) is 6.07 Å². The third kappa shape index (κ3) is 3.35. The summed E-state index contributed by atoms with van der Waals surface area (Å²) in [6.07, 6.45) is 6.42. The largest absolute Gasteiger partial charge is 0.382 e. The number of hydrogen-bond acceptors (Lipinski definition) is 6. The maximum Gasteiger partial charge on any atom is 0.259 e. The molecule has 0 atom stereocenters. The average Bonchev–Trinajstić information content (AvgIpc) is 3.18. The lowest BCUT2D eigenvalue weighted by Gasteiger charge is -2.16. The summed E-state index contributed by atoms with van der Waals surface area (Å²) in [5.41, 5.74) is 8.81. The smallest absolute Gasteiger partial charge is 0.259 e. The summed E-state index contributed by atoms with van der Waals surface area (Å²) in [5.74, 6) is 0.446. The topological polar surface area (TPSA) is 113 Å². The molecule has 4 aromatic heterocycles. The molecule has 0 aliphatic heterocycles. The number of fused-ring (bicyclic) bond motifs is 1. The summed E-state index contributed by atoms with van der Waals surface area (Å²) < 4.78 is 1.66. The Kier molecular flexibility index (Phi) is 4.58. The molecular weight excluding hydrogens is 390 g/mol. The maximum absolute atomic E-state index is 13.0. The number of nitriles is 1. The lowest BCUT2D eigenvalue weighted by atomic mass is 10.1. The van der Waals surface area contributed by atoms with Gasteiger partial charge in [0.2, 0.25) is 0 Å². The maximum atomic E-state index is 13.0. The van der Waals surface area contributed by atoms with Crippen molar-refractivity contribution in [2.45, 2.75) is 0 Å². The van der Waals surface area contributed by atoms with Crippen molar-refractivity contribution in [3.05, 3.63) is 71.3 Å². The second-order valence-corrected chi connectivity index (χ2v) is 6.68. The van der Waals surface area contributed by atoms with Gasteiger partial charge >= 0.3 is 0 Å². The molecule has 4 rings (SSSR count). The van der Waals surface area contributed by atoms with Crippen molar-refractivity contribution in [3.63, 3.8) is 0 Å². The van der Waals surface area contributed by atoms with Crippen LogP contribution in [-0.2, 0) is 0 Å². The van der Waals surface area contributed by atoms with Gasteiger partial charge in [0.15, 0.2) is 0 Å². The Hall–Kier alpha value is -3.96.